The largest absolute Gasteiger partial charge is 0.484 e. The molecular weight excluding hydrogens is 390 g/mol. The first-order valence-corrected chi connectivity index (χ1v) is 9.23. The average molecular weight is 409 g/mol. The first-order valence-electron chi connectivity index (χ1n) is 8.35. The second kappa shape index (κ2) is 7.58. The maximum atomic E-state index is 12.5. The lowest BCUT2D eigenvalue weighted by Gasteiger charge is -2.43. The zero-order valence-electron chi connectivity index (χ0n) is 14.9. The van der Waals surface area contributed by atoms with Crippen LogP contribution in [0.15, 0.2) is 30.3 Å². The molecule has 10 nitrogen and oxygen atoms in total. The van der Waals surface area contributed by atoms with E-state index in [0.29, 0.717) is 5.75 Å². The zero-order valence-corrected chi connectivity index (χ0v) is 15.7. The molecule has 2 heterocycles. The Balaban J connectivity index is 1.63. The highest BCUT2D eigenvalue weighted by molar-refractivity contribution is 8.01. The molecule has 3 rings (SSSR count). The lowest BCUT2D eigenvalue weighted by atomic mass is 9.95. The molecule has 150 valence electrons. The number of rotatable bonds is 7. The van der Waals surface area contributed by atoms with Crippen LogP contribution in [-0.2, 0) is 19.1 Å². The summed E-state index contributed by atoms with van der Waals surface area (Å²) < 4.78 is 9.03. The van der Waals surface area contributed by atoms with Crippen molar-refractivity contribution in [2.24, 2.45) is 5.73 Å². The van der Waals surface area contributed by atoms with E-state index in [0.717, 1.165) is 11.8 Å². The van der Waals surface area contributed by atoms with Gasteiger partial charge in [-0.15, -0.1) is 11.8 Å². The quantitative estimate of drug-likeness (QED) is 0.523. The fraction of sp³-hybridized carbons (Fsp3) is 0.412. The molecule has 4 atom stereocenters. The third kappa shape index (κ3) is 3.70. The van der Waals surface area contributed by atoms with Gasteiger partial charge in [0.1, 0.15) is 29.8 Å². The van der Waals surface area contributed by atoms with Crippen molar-refractivity contribution in [3.05, 3.63) is 30.3 Å². The molecule has 2 saturated heterocycles. The lowest BCUT2D eigenvalue weighted by Crippen LogP contribution is -2.71. The number of aliphatic carboxylic acids is 1. The number of carboxylic acids is 1. The van der Waals surface area contributed by atoms with E-state index in [2.05, 4.69) is 5.32 Å². The van der Waals surface area contributed by atoms with Gasteiger partial charge in [0, 0.05) is 0 Å². The number of nitrogens with zero attached hydrogens (tertiary/aromatic N) is 1. The number of hydrogen-bond acceptors (Lipinski definition) is 7. The summed E-state index contributed by atoms with van der Waals surface area (Å²) in [6.45, 7) is 1.01. The Labute approximate surface area is 164 Å². The van der Waals surface area contributed by atoms with E-state index < -0.39 is 46.1 Å². The van der Waals surface area contributed by atoms with Gasteiger partial charge in [-0.05, 0) is 19.1 Å². The van der Waals surface area contributed by atoms with Crippen LogP contribution in [0.5, 0.6) is 5.75 Å². The Bertz CT molecular complexity index is 805. The summed E-state index contributed by atoms with van der Waals surface area (Å²) in [7, 11) is 0. The molecular formula is C17H19N3O7S. The number of amides is 3. The summed E-state index contributed by atoms with van der Waals surface area (Å²) in [5.41, 5.74) is 4.97. The first-order chi connectivity index (χ1) is 13.2. The second-order valence-electron chi connectivity index (χ2n) is 6.56. The molecule has 0 bridgehead atoms. The van der Waals surface area contributed by atoms with Crippen molar-refractivity contribution in [2.75, 3.05) is 13.2 Å². The third-order valence-electron chi connectivity index (χ3n) is 4.49. The number of β-lactam (4-membered cyclic amide) rings is 1. The molecule has 11 heteroatoms. The van der Waals surface area contributed by atoms with Crippen LogP contribution in [0.2, 0.25) is 0 Å². The third-order valence-corrected chi connectivity index (χ3v) is 6.11. The number of carbonyl (C=O) groups excluding carboxylic acids is 3. The predicted octanol–water partition coefficient (Wildman–Crippen LogP) is -0.227. The van der Waals surface area contributed by atoms with Crippen molar-refractivity contribution < 1.29 is 33.8 Å². The van der Waals surface area contributed by atoms with Gasteiger partial charge in [0.15, 0.2) is 6.61 Å². The van der Waals surface area contributed by atoms with Gasteiger partial charge >= 0.3 is 12.1 Å². The van der Waals surface area contributed by atoms with Crippen molar-refractivity contribution in [1.82, 2.24) is 10.2 Å². The van der Waals surface area contributed by atoms with Crippen molar-refractivity contribution >= 4 is 35.6 Å². The first kappa shape index (κ1) is 19.8. The molecule has 3 unspecified atom stereocenters. The summed E-state index contributed by atoms with van der Waals surface area (Å²) in [5.74, 6) is -1.73. The van der Waals surface area contributed by atoms with E-state index in [-0.39, 0.29) is 13.2 Å². The fourth-order valence-corrected chi connectivity index (χ4v) is 4.92. The molecule has 2 aliphatic rings. The van der Waals surface area contributed by atoms with E-state index in [1.807, 2.05) is 6.07 Å². The smallest absolute Gasteiger partial charge is 0.404 e. The van der Waals surface area contributed by atoms with Crippen LogP contribution in [-0.4, -0.2) is 69.3 Å². The number of ether oxygens (including phenoxy) is 2. The number of primary amides is 1. The van der Waals surface area contributed by atoms with Gasteiger partial charge in [0.05, 0.1) is 4.75 Å². The summed E-state index contributed by atoms with van der Waals surface area (Å²) >= 11 is 1.15. The normalized spacial score (nSPS) is 28.1. The summed E-state index contributed by atoms with van der Waals surface area (Å²) in [6.07, 6.45) is -1.03. The van der Waals surface area contributed by atoms with Crippen LogP contribution in [0.4, 0.5) is 4.79 Å². The Morgan fingerprint density at radius 1 is 1.32 bits per heavy atom. The van der Waals surface area contributed by atoms with Crippen LogP contribution in [0, 0.1) is 0 Å². The minimum absolute atomic E-state index is 0.276. The van der Waals surface area contributed by atoms with E-state index in [1.54, 1.807) is 31.2 Å². The summed E-state index contributed by atoms with van der Waals surface area (Å²) in [6, 6.07) is 6.63. The van der Waals surface area contributed by atoms with Gasteiger partial charge in [-0.1, -0.05) is 18.2 Å². The molecule has 0 aliphatic carbocycles. The highest BCUT2D eigenvalue weighted by atomic mass is 32.2. The van der Waals surface area contributed by atoms with Crippen LogP contribution in [0.1, 0.15) is 6.92 Å². The van der Waals surface area contributed by atoms with Crippen molar-refractivity contribution in [3.63, 3.8) is 0 Å². The molecule has 3 amide bonds. The summed E-state index contributed by atoms with van der Waals surface area (Å²) in [4.78, 5) is 48.4. The molecule has 28 heavy (non-hydrogen) atoms. The minimum Gasteiger partial charge on any atom is -0.484 e. The molecule has 1 aromatic rings. The Morgan fingerprint density at radius 3 is 2.61 bits per heavy atom. The molecule has 4 N–H and O–H groups in total. The number of carbonyl (C=O) groups is 4. The molecule has 1 aromatic carbocycles. The Hall–Kier alpha value is -2.95. The number of fused-ring (bicyclic) bond motifs is 1. The molecule has 2 fully saturated rings. The van der Waals surface area contributed by atoms with Crippen molar-refractivity contribution in [1.29, 1.82) is 0 Å². The lowest BCUT2D eigenvalue weighted by molar-refractivity contribution is -0.161. The van der Waals surface area contributed by atoms with Gasteiger partial charge in [-0.2, -0.15) is 0 Å². The van der Waals surface area contributed by atoms with Crippen LogP contribution >= 0.6 is 11.8 Å². The second-order valence-corrected chi connectivity index (χ2v) is 8.21. The van der Waals surface area contributed by atoms with Crippen molar-refractivity contribution in [3.8, 4) is 5.75 Å². The standard InChI is InChI=1S/C17H19N3O7S/c1-17(8-27-16(18)25)12(15(23)24)20-13(22)11(14(20)28-17)19-10(21)7-26-9-5-3-2-4-6-9/h2-6,11-12,14H,7-8H2,1H3,(H2,18,25)(H,19,21)(H,23,24)/t11?,12?,14-,17?/m1/s1. The Morgan fingerprint density at radius 2 is 2.00 bits per heavy atom. The number of para-hydroxylation sites is 1. The molecule has 0 saturated carbocycles. The number of benzene rings is 1. The topological polar surface area (TPSA) is 148 Å². The van der Waals surface area contributed by atoms with Gasteiger partial charge in [-0.25, -0.2) is 9.59 Å². The zero-order chi connectivity index (χ0) is 20.5. The number of nitrogens with two attached hydrogens (primary N) is 1. The molecule has 0 spiro atoms. The van der Waals surface area contributed by atoms with Gasteiger partial charge in [0.25, 0.3) is 5.91 Å². The van der Waals surface area contributed by atoms with Crippen LogP contribution in [0.25, 0.3) is 0 Å². The number of thioether (sulfide) groups is 1. The predicted molar refractivity (Wildman–Crippen MR) is 97.5 cm³/mol. The summed E-state index contributed by atoms with van der Waals surface area (Å²) in [5, 5.41) is 11.5. The van der Waals surface area contributed by atoms with Crippen LogP contribution < -0.4 is 15.8 Å². The van der Waals surface area contributed by atoms with E-state index in [9.17, 15) is 24.3 Å². The monoisotopic (exact) mass is 409 g/mol. The van der Waals surface area contributed by atoms with Crippen molar-refractivity contribution in [2.45, 2.75) is 29.1 Å². The average Bonchev–Trinajstić information content (AvgIpc) is 2.94. The molecule has 0 radical (unpaired) electrons. The van der Waals surface area contributed by atoms with E-state index in [4.69, 9.17) is 15.2 Å². The van der Waals surface area contributed by atoms with E-state index >= 15 is 0 Å². The van der Waals surface area contributed by atoms with Gasteiger partial charge in [-0.3, -0.25) is 9.59 Å². The fourth-order valence-electron chi connectivity index (χ4n) is 3.24. The Kier molecular flexibility index (Phi) is 5.36. The van der Waals surface area contributed by atoms with E-state index in [1.165, 1.54) is 4.90 Å². The maximum absolute atomic E-state index is 12.5. The highest BCUT2D eigenvalue weighted by Crippen LogP contribution is 2.51. The number of hydrogen-bond donors (Lipinski definition) is 3. The molecule has 0 aromatic heterocycles. The molecule has 2 aliphatic heterocycles. The SMILES string of the molecule is CC1(COC(N)=O)S[C@@H]2C(NC(=O)COc3ccccc3)C(=O)N2C1C(=O)O. The number of nitrogens with one attached hydrogen (secondary N) is 1. The maximum Gasteiger partial charge on any atom is 0.404 e. The van der Waals surface area contributed by atoms with Gasteiger partial charge in [0.2, 0.25) is 5.91 Å². The van der Waals surface area contributed by atoms with Crippen LogP contribution in [0.3, 0.4) is 0 Å². The number of carboxylic acid groups (broad SMARTS) is 1. The highest BCUT2D eigenvalue weighted by Gasteiger charge is 2.66. The van der Waals surface area contributed by atoms with Gasteiger partial charge < -0.3 is 30.5 Å². The minimum atomic E-state index is -1.23.